The van der Waals surface area contributed by atoms with Gasteiger partial charge in [-0.15, -0.1) is 0 Å². The summed E-state index contributed by atoms with van der Waals surface area (Å²) in [5.74, 6) is 2.42. The van der Waals surface area contributed by atoms with E-state index in [2.05, 4.69) is 57.3 Å². The molecule has 3 nitrogen and oxygen atoms in total. The van der Waals surface area contributed by atoms with Gasteiger partial charge in [-0.05, 0) is 42.7 Å². The zero-order valence-electron chi connectivity index (χ0n) is 14.8. The fraction of sp³-hybridized carbons (Fsp3) is 0.650. The first kappa shape index (κ1) is 15.2. The molecule has 1 saturated heterocycles. The van der Waals surface area contributed by atoms with E-state index in [1.165, 1.54) is 19.3 Å². The Morgan fingerprint density at radius 1 is 1.13 bits per heavy atom. The van der Waals surface area contributed by atoms with Gasteiger partial charge >= 0.3 is 0 Å². The average Bonchev–Trinajstić information content (AvgIpc) is 3.01. The van der Waals surface area contributed by atoms with Crippen LogP contribution in [0.5, 0.6) is 0 Å². The van der Waals surface area contributed by atoms with Crippen LogP contribution < -0.4 is 5.32 Å². The SMILES string of the molecule is CC(C)C1(C)C=Cc2nc(C3(C)CCC4(CNC4)C3)oc2C=C1. The lowest BCUT2D eigenvalue weighted by molar-refractivity contribution is 0.161. The summed E-state index contributed by atoms with van der Waals surface area (Å²) in [4.78, 5) is 4.89. The second-order valence-electron chi connectivity index (χ2n) is 8.80. The molecule has 0 radical (unpaired) electrons. The van der Waals surface area contributed by atoms with Gasteiger partial charge in [0.2, 0.25) is 5.89 Å². The van der Waals surface area contributed by atoms with Crippen LogP contribution in [0.1, 0.15) is 64.3 Å². The van der Waals surface area contributed by atoms with Crippen molar-refractivity contribution in [2.45, 2.75) is 52.4 Å². The molecule has 2 atom stereocenters. The minimum Gasteiger partial charge on any atom is -0.440 e. The lowest BCUT2D eigenvalue weighted by Gasteiger charge is -2.40. The van der Waals surface area contributed by atoms with Crippen LogP contribution >= 0.6 is 0 Å². The van der Waals surface area contributed by atoms with Crippen LogP contribution in [-0.4, -0.2) is 18.1 Å². The van der Waals surface area contributed by atoms with Crippen LogP contribution in [0.25, 0.3) is 12.2 Å². The molecule has 3 aliphatic rings. The quantitative estimate of drug-likeness (QED) is 0.879. The summed E-state index contributed by atoms with van der Waals surface area (Å²) in [6.45, 7) is 11.4. The molecule has 0 amide bonds. The Morgan fingerprint density at radius 2 is 1.87 bits per heavy atom. The number of rotatable bonds is 2. The monoisotopic (exact) mass is 312 g/mol. The summed E-state index contributed by atoms with van der Waals surface area (Å²) in [7, 11) is 0. The summed E-state index contributed by atoms with van der Waals surface area (Å²) in [5.41, 5.74) is 1.66. The number of oxazole rings is 1. The van der Waals surface area contributed by atoms with Crippen molar-refractivity contribution in [1.82, 2.24) is 10.3 Å². The summed E-state index contributed by atoms with van der Waals surface area (Å²) in [5, 5.41) is 3.44. The fourth-order valence-electron chi connectivity index (χ4n) is 4.30. The van der Waals surface area contributed by atoms with Crippen molar-refractivity contribution in [3.8, 4) is 0 Å². The molecular formula is C20H28N2O. The van der Waals surface area contributed by atoms with Crippen molar-refractivity contribution in [3.63, 3.8) is 0 Å². The average molecular weight is 312 g/mol. The number of aromatic nitrogens is 1. The van der Waals surface area contributed by atoms with E-state index in [0.717, 1.165) is 30.4 Å². The third-order valence-corrected chi connectivity index (χ3v) is 6.61. The van der Waals surface area contributed by atoms with Gasteiger partial charge in [-0.1, -0.05) is 39.8 Å². The van der Waals surface area contributed by atoms with E-state index < -0.39 is 0 Å². The molecule has 3 heteroatoms. The second-order valence-corrected chi connectivity index (χ2v) is 8.80. The molecule has 4 rings (SSSR count). The molecule has 1 spiro atoms. The van der Waals surface area contributed by atoms with Gasteiger partial charge in [-0.3, -0.25) is 0 Å². The predicted molar refractivity (Wildman–Crippen MR) is 94.0 cm³/mol. The van der Waals surface area contributed by atoms with E-state index in [1.54, 1.807) is 0 Å². The van der Waals surface area contributed by atoms with Crippen LogP contribution in [0.4, 0.5) is 0 Å². The van der Waals surface area contributed by atoms with E-state index in [4.69, 9.17) is 9.40 Å². The maximum absolute atomic E-state index is 6.24. The molecule has 1 saturated carbocycles. The van der Waals surface area contributed by atoms with Gasteiger partial charge in [0.15, 0.2) is 5.76 Å². The summed E-state index contributed by atoms with van der Waals surface area (Å²) in [6.07, 6.45) is 12.5. The molecular weight excluding hydrogens is 284 g/mol. The molecule has 0 aromatic carbocycles. The maximum Gasteiger partial charge on any atom is 0.201 e. The van der Waals surface area contributed by atoms with E-state index in [9.17, 15) is 0 Å². The third-order valence-electron chi connectivity index (χ3n) is 6.61. The Labute approximate surface area is 139 Å². The van der Waals surface area contributed by atoms with Gasteiger partial charge in [0.05, 0.1) is 0 Å². The minimum atomic E-state index is 0.0717. The van der Waals surface area contributed by atoms with Crippen molar-refractivity contribution in [2.75, 3.05) is 13.1 Å². The van der Waals surface area contributed by atoms with Crippen molar-refractivity contribution < 1.29 is 4.42 Å². The molecule has 1 aliphatic heterocycles. The van der Waals surface area contributed by atoms with E-state index in [-0.39, 0.29) is 10.8 Å². The highest BCUT2D eigenvalue weighted by Crippen LogP contribution is 2.52. The van der Waals surface area contributed by atoms with Crippen LogP contribution in [-0.2, 0) is 5.41 Å². The fourth-order valence-corrected chi connectivity index (χ4v) is 4.30. The van der Waals surface area contributed by atoms with Gasteiger partial charge in [-0.25, -0.2) is 4.98 Å². The molecule has 1 aromatic heterocycles. The minimum absolute atomic E-state index is 0.0717. The number of nitrogens with one attached hydrogen (secondary N) is 1. The normalized spacial score (nSPS) is 34.7. The predicted octanol–water partition coefficient (Wildman–Crippen LogP) is 4.41. The van der Waals surface area contributed by atoms with E-state index >= 15 is 0 Å². The lowest BCUT2D eigenvalue weighted by Crippen LogP contribution is -2.52. The van der Waals surface area contributed by atoms with Crippen LogP contribution in [0.3, 0.4) is 0 Å². The molecule has 124 valence electrons. The summed E-state index contributed by atoms with van der Waals surface area (Å²) >= 11 is 0. The lowest BCUT2D eigenvalue weighted by atomic mass is 9.76. The Morgan fingerprint density at radius 3 is 2.48 bits per heavy atom. The summed E-state index contributed by atoms with van der Waals surface area (Å²) in [6, 6.07) is 0. The molecule has 1 N–H and O–H groups in total. The number of hydrogen-bond acceptors (Lipinski definition) is 3. The van der Waals surface area contributed by atoms with Crippen molar-refractivity contribution >= 4 is 12.2 Å². The van der Waals surface area contributed by atoms with Crippen LogP contribution in [0.2, 0.25) is 0 Å². The van der Waals surface area contributed by atoms with Crippen molar-refractivity contribution in [3.05, 3.63) is 29.5 Å². The van der Waals surface area contributed by atoms with Gasteiger partial charge in [0, 0.05) is 23.9 Å². The molecule has 1 aromatic rings. The number of fused-ring (bicyclic) bond motifs is 1. The Balaban J connectivity index is 1.63. The Bertz CT molecular complexity index is 646. The molecule has 2 heterocycles. The highest BCUT2D eigenvalue weighted by molar-refractivity contribution is 5.63. The Kier molecular flexibility index (Phi) is 3.19. The maximum atomic E-state index is 6.24. The highest BCUT2D eigenvalue weighted by atomic mass is 16.4. The van der Waals surface area contributed by atoms with Crippen molar-refractivity contribution in [2.24, 2.45) is 16.7 Å². The zero-order valence-corrected chi connectivity index (χ0v) is 14.8. The number of nitrogens with zero attached hydrogens (tertiary/aromatic N) is 1. The van der Waals surface area contributed by atoms with E-state index in [0.29, 0.717) is 11.3 Å². The van der Waals surface area contributed by atoms with Gasteiger partial charge < -0.3 is 9.73 Å². The summed E-state index contributed by atoms with van der Waals surface area (Å²) < 4.78 is 6.24. The second kappa shape index (κ2) is 4.83. The van der Waals surface area contributed by atoms with Crippen LogP contribution in [0, 0.1) is 16.7 Å². The highest BCUT2D eigenvalue weighted by Gasteiger charge is 2.51. The third kappa shape index (κ3) is 2.32. The molecule has 2 aliphatic carbocycles. The Hall–Kier alpha value is -1.35. The largest absolute Gasteiger partial charge is 0.440 e. The van der Waals surface area contributed by atoms with Crippen LogP contribution in [0.15, 0.2) is 16.6 Å². The topological polar surface area (TPSA) is 38.1 Å². The van der Waals surface area contributed by atoms with Gasteiger partial charge in [-0.2, -0.15) is 0 Å². The zero-order chi connectivity index (χ0) is 16.3. The number of allylic oxidation sites excluding steroid dienone is 2. The molecule has 2 fully saturated rings. The first-order valence-corrected chi connectivity index (χ1v) is 8.95. The van der Waals surface area contributed by atoms with Gasteiger partial charge in [0.25, 0.3) is 0 Å². The smallest absolute Gasteiger partial charge is 0.201 e. The standard InChI is InChI=1S/C20H28N2O/c1-14(2)18(3)7-5-15-16(6-8-18)23-17(22-15)19(4)9-10-20(11-19)12-21-13-20/h5-8,14,21H,9-13H2,1-4H3. The molecule has 2 unspecified atom stereocenters. The first-order chi connectivity index (χ1) is 10.8. The first-order valence-electron chi connectivity index (χ1n) is 8.95. The van der Waals surface area contributed by atoms with Crippen molar-refractivity contribution in [1.29, 1.82) is 0 Å². The van der Waals surface area contributed by atoms with E-state index in [1.807, 2.05) is 0 Å². The number of hydrogen-bond donors (Lipinski definition) is 1. The van der Waals surface area contributed by atoms with Gasteiger partial charge in [0.1, 0.15) is 5.69 Å². The molecule has 0 bridgehead atoms. The molecule has 23 heavy (non-hydrogen) atoms.